The molecule has 0 radical (unpaired) electrons. The smallest absolute Gasteiger partial charge is 0.178 e. The van der Waals surface area contributed by atoms with Gasteiger partial charge < -0.3 is 5.32 Å². The summed E-state index contributed by atoms with van der Waals surface area (Å²) in [4.78, 5) is 0.413. The summed E-state index contributed by atoms with van der Waals surface area (Å²) in [5.74, 6) is 1.09. The predicted octanol–water partition coefficient (Wildman–Crippen LogP) is 3.86. The molecule has 0 unspecified atom stereocenters. The van der Waals surface area contributed by atoms with Crippen molar-refractivity contribution in [2.45, 2.75) is 50.3 Å². The monoisotopic (exact) mass is 295 g/mol. The third-order valence-electron chi connectivity index (χ3n) is 4.19. The predicted molar refractivity (Wildman–Crippen MR) is 83.9 cm³/mol. The second-order valence-corrected chi connectivity index (χ2v) is 7.93. The number of anilines is 1. The van der Waals surface area contributed by atoms with Gasteiger partial charge in [-0.15, -0.1) is 0 Å². The Kier molecular flexibility index (Phi) is 5.46. The summed E-state index contributed by atoms with van der Waals surface area (Å²) in [6, 6.07) is 7.10. The van der Waals surface area contributed by atoms with E-state index < -0.39 is 9.84 Å². The molecular formula is C16H25NO2S. The number of rotatable bonds is 7. The van der Waals surface area contributed by atoms with E-state index in [4.69, 9.17) is 0 Å². The van der Waals surface area contributed by atoms with Crippen LogP contribution in [0.3, 0.4) is 0 Å². The Morgan fingerprint density at radius 3 is 2.40 bits per heavy atom. The van der Waals surface area contributed by atoms with Gasteiger partial charge in [-0.2, -0.15) is 0 Å². The highest BCUT2D eigenvalue weighted by Gasteiger charge is 2.14. The Labute approximate surface area is 122 Å². The van der Waals surface area contributed by atoms with Gasteiger partial charge in [0.25, 0.3) is 0 Å². The zero-order valence-corrected chi connectivity index (χ0v) is 13.1. The SMILES string of the molecule is CCS(=O)(=O)c1ccc(NCCCC2CCCC2)cc1. The van der Waals surface area contributed by atoms with Gasteiger partial charge in [0.15, 0.2) is 9.84 Å². The van der Waals surface area contributed by atoms with Crippen molar-refractivity contribution < 1.29 is 8.42 Å². The quantitative estimate of drug-likeness (QED) is 0.777. The molecule has 1 aliphatic rings. The van der Waals surface area contributed by atoms with Crippen LogP contribution in [-0.4, -0.2) is 20.7 Å². The van der Waals surface area contributed by atoms with Crippen molar-refractivity contribution in [1.29, 1.82) is 0 Å². The van der Waals surface area contributed by atoms with Gasteiger partial charge in [0.05, 0.1) is 10.6 Å². The van der Waals surface area contributed by atoms with Crippen LogP contribution in [0.25, 0.3) is 0 Å². The van der Waals surface area contributed by atoms with Crippen LogP contribution >= 0.6 is 0 Å². The summed E-state index contributed by atoms with van der Waals surface area (Å²) in [6.07, 6.45) is 8.14. The average molecular weight is 295 g/mol. The molecule has 0 atom stereocenters. The molecule has 0 saturated heterocycles. The first kappa shape index (κ1) is 15.4. The summed E-state index contributed by atoms with van der Waals surface area (Å²) < 4.78 is 23.4. The van der Waals surface area contributed by atoms with Crippen LogP contribution in [0.4, 0.5) is 5.69 Å². The van der Waals surface area contributed by atoms with Crippen molar-refractivity contribution in [2.24, 2.45) is 5.92 Å². The highest BCUT2D eigenvalue weighted by molar-refractivity contribution is 7.91. The zero-order valence-electron chi connectivity index (χ0n) is 12.3. The third-order valence-corrected chi connectivity index (χ3v) is 5.94. The number of nitrogens with one attached hydrogen (secondary N) is 1. The second-order valence-electron chi connectivity index (χ2n) is 5.65. The molecule has 1 saturated carbocycles. The third kappa shape index (κ3) is 4.23. The van der Waals surface area contributed by atoms with Crippen molar-refractivity contribution in [3.05, 3.63) is 24.3 Å². The van der Waals surface area contributed by atoms with Gasteiger partial charge in [0.2, 0.25) is 0 Å². The van der Waals surface area contributed by atoms with Crippen LogP contribution in [0.2, 0.25) is 0 Å². The second kappa shape index (κ2) is 7.11. The fourth-order valence-electron chi connectivity index (χ4n) is 2.87. The number of hydrogen-bond acceptors (Lipinski definition) is 3. The van der Waals surface area contributed by atoms with Gasteiger partial charge in [0.1, 0.15) is 0 Å². The Bertz CT molecular complexity index is 502. The largest absolute Gasteiger partial charge is 0.385 e. The Morgan fingerprint density at radius 2 is 1.80 bits per heavy atom. The van der Waals surface area contributed by atoms with Gasteiger partial charge in [-0.05, 0) is 43.0 Å². The van der Waals surface area contributed by atoms with Crippen molar-refractivity contribution in [3.63, 3.8) is 0 Å². The maximum atomic E-state index is 11.7. The van der Waals surface area contributed by atoms with E-state index in [2.05, 4.69) is 5.32 Å². The molecule has 1 aromatic carbocycles. The molecule has 0 aliphatic heterocycles. The molecule has 1 fully saturated rings. The average Bonchev–Trinajstić information content (AvgIpc) is 2.97. The minimum atomic E-state index is -3.08. The Morgan fingerprint density at radius 1 is 1.15 bits per heavy atom. The minimum absolute atomic E-state index is 0.154. The molecule has 0 amide bonds. The molecule has 0 aromatic heterocycles. The fraction of sp³-hybridized carbons (Fsp3) is 0.625. The van der Waals surface area contributed by atoms with E-state index in [1.54, 1.807) is 19.1 Å². The molecule has 2 rings (SSSR count). The van der Waals surface area contributed by atoms with Crippen molar-refractivity contribution in [1.82, 2.24) is 0 Å². The lowest BCUT2D eigenvalue weighted by Crippen LogP contribution is -2.06. The molecule has 4 heteroatoms. The first-order chi connectivity index (χ1) is 9.62. The highest BCUT2D eigenvalue weighted by Crippen LogP contribution is 2.28. The fourth-order valence-corrected chi connectivity index (χ4v) is 3.75. The zero-order chi connectivity index (χ0) is 14.4. The van der Waals surface area contributed by atoms with Crippen molar-refractivity contribution in [2.75, 3.05) is 17.6 Å². The highest BCUT2D eigenvalue weighted by atomic mass is 32.2. The van der Waals surface area contributed by atoms with Gasteiger partial charge in [0, 0.05) is 12.2 Å². The lowest BCUT2D eigenvalue weighted by Gasteiger charge is -2.10. The van der Waals surface area contributed by atoms with E-state index in [9.17, 15) is 8.42 Å². The van der Waals surface area contributed by atoms with Crippen LogP contribution in [0.15, 0.2) is 29.2 Å². The number of hydrogen-bond donors (Lipinski definition) is 1. The molecule has 0 heterocycles. The van der Waals surface area contributed by atoms with Gasteiger partial charge in [-0.3, -0.25) is 0 Å². The molecule has 112 valence electrons. The maximum Gasteiger partial charge on any atom is 0.178 e. The van der Waals surface area contributed by atoms with Gasteiger partial charge >= 0.3 is 0 Å². The van der Waals surface area contributed by atoms with E-state index in [0.29, 0.717) is 4.90 Å². The van der Waals surface area contributed by atoms with E-state index >= 15 is 0 Å². The lowest BCUT2D eigenvalue weighted by atomic mass is 10.0. The molecule has 1 N–H and O–H groups in total. The first-order valence-electron chi connectivity index (χ1n) is 7.68. The number of sulfone groups is 1. The van der Waals surface area contributed by atoms with E-state index in [-0.39, 0.29) is 5.75 Å². The Balaban J connectivity index is 1.76. The molecular weight excluding hydrogens is 270 g/mol. The molecule has 3 nitrogen and oxygen atoms in total. The lowest BCUT2D eigenvalue weighted by molar-refractivity contribution is 0.491. The summed E-state index contributed by atoms with van der Waals surface area (Å²) in [5.41, 5.74) is 1.01. The molecule has 1 aromatic rings. The number of benzene rings is 1. The topological polar surface area (TPSA) is 46.2 Å². The van der Waals surface area contributed by atoms with E-state index in [1.165, 1.54) is 38.5 Å². The van der Waals surface area contributed by atoms with Gasteiger partial charge in [-0.25, -0.2) is 8.42 Å². The van der Waals surface area contributed by atoms with E-state index in [0.717, 1.165) is 18.2 Å². The first-order valence-corrected chi connectivity index (χ1v) is 9.34. The maximum absolute atomic E-state index is 11.7. The normalized spacial score (nSPS) is 16.4. The molecule has 0 spiro atoms. The van der Waals surface area contributed by atoms with E-state index in [1.807, 2.05) is 12.1 Å². The van der Waals surface area contributed by atoms with Crippen LogP contribution in [0.1, 0.15) is 45.4 Å². The van der Waals surface area contributed by atoms with Crippen LogP contribution < -0.4 is 5.32 Å². The van der Waals surface area contributed by atoms with Crippen molar-refractivity contribution in [3.8, 4) is 0 Å². The van der Waals surface area contributed by atoms with Crippen LogP contribution in [-0.2, 0) is 9.84 Å². The summed E-state index contributed by atoms with van der Waals surface area (Å²) >= 11 is 0. The van der Waals surface area contributed by atoms with Gasteiger partial charge in [-0.1, -0.05) is 32.6 Å². The standard InChI is InChI=1S/C16H25NO2S/c1-2-20(18,19)16-11-9-15(10-12-16)17-13-5-8-14-6-3-4-7-14/h9-12,14,17H,2-8,13H2,1H3. The summed E-state index contributed by atoms with van der Waals surface area (Å²) in [5, 5.41) is 3.37. The molecule has 1 aliphatic carbocycles. The minimum Gasteiger partial charge on any atom is -0.385 e. The Hall–Kier alpha value is -1.03. The summed E-state index contributed by atoms with van der Waals surface area (Å²) in [6.45, 7) is 2.64. The van der Waals surface area contributed by atoms with Crippen molar-refractivity contribution >= 4 is 15.5 Å². The van der Waals surface area contributed by atoms with Crippen LogP contribution in [0, 0.1) is 5.92 Å². The summed E-state index contributed by atoms with van der Waals surface area (Å²) in [7, 11) is -3.08. The molecule has 0 bridgehead atoms. The molecule has 20 heavy (non-hydrogen) atoms. The van der Waals surface area contributed by atoms with Crippen LogP contribution in [0.5, 0.6) is 0 Å².